The maximum atomic E-state index is 13.4. The number of carbonyl (C=O) groups excluding carboxylic acids is 2. The second-order valence-corrected chi connectivity index (χ2v) is 7.31. The van der Waals surface area contributed by atoms with Crippen molar-refractivity contribution in [1.82, 2.24) is 15.1 Å². The van der Waals surface area contributed by atoms with Crippen LogP contribution in [-0.4, -0.2) is 54.3 Å². The van der Waals surface area contributed by atoms with E-state index in [0.717, 1.165) is 5.56 Å². The van der Waals surface area contributed by atoms with Crippen molar-refractivity contribution < 1.29 is 14.0 Å². The lowest BCUT2D eigenvalue weighted by molar-refractivity contribution is -0.122. The predicted octanol–water partition coefficient (Wildman–Crippen LogP) is 2.66. The second-order valence-electron chi connectivity index (χ2n) is 6.45. The van der Waals surface area contributed by atoms with Crippen LogP contribution in [0.5, 0.6) is 0 Å². The van der Waals surface area contributed by atoms with Gasteiger partial charge in [0.15, 0.2) is 0 Å². The van der Waals surface area contributed by atoms with Crippen molar-refractivity contribution in [2.75, 3.05) is 32.7 Å². The molecule has 7 heteroatoms. The number of carbonyl (C=O) groups is 2. The normalized spacial score (nSPS) is 14.8. The van der Waals surface area contributed by atoms with Gasteiger partial charge in [-0.3, -0.25) is 14.5 Å². The van der Waals surface area contributed by atoms with Crippen LogP contribution in [0.3, 0.4) is 0 Å². The minimum absolute atomic E-state index is 0.0356. The first-order valence-corrected chi connectivity index (χ1v) is 9.59. The number of piperazine rings is 1. The number of hydrogen-bond acceptors (Lipinski definition) is 3. The molecule has 2 aromatic rings. The lowest BCUT2D eigenvalue weighted by Crippen LogP contribution is -2.51. The highest BCUT2D eigenvalue weighted by molar-refractivity contribution is 9.10. The Kier molecular flexibility index (Phi) is 6.58. The summed E-state index contributed by atoms with van der Waals surface area (Å²) in [6.45, 7) is 3.04. The molecule has 0 aromatic heterocycles. The fraction of sp³-hybridized carbons (Fsp3) is 0.300. The molecule has 2 aromatic carbocycles. The van der Waals surface area contributed by atoms with Crippen molar-refractivity contribution in [2.45, 2.75) is 6.54 Å². The van der Waals surface area contributed by atoms with Crippen LogP contribution in [0.2, 0.25) is 0 Å². The van der Waals surface area contributed by atoms with Crippen LogP contribution in [-0.2, 0) is 11.3 Å². The number of rotatable bonds is 5. The molecular formula is C20H21BrFN3O2. The maximum Gasteiger partial charge on any atom is 0.255 e. The highest BCUT2D eigenvalue weighted by Crippen LogP contribution is 2.20. The van der Waals surface area contributed by atoms with Gasteiger partial charge in [0.05, 0.1) is 12.1 Å². The molecule has 27 heavy (non-hydrogen) atoms. The quantitative estimate of drug-likeness (QED) is 0.788. The van der Waals surface area contributed by atoms with Crippen LogP contribution in [0.15, 0.2) is 53.0 Å². The Morgan fingerprint density at radius 3 is 2.44 bits per heavy atom. The SMILES string of the molecule is O=C(CN1CCN(C(=O)c2cc(F)ccc2Br)CC1)NCc1ccccc1. The van der Waals surface area contributed by atoms with Crippen LogP contribution < -0.4 is 5.32 Å². The average molecular weight is 434 g/mol. The van der Waals surface area contributed by atoms with Crippen LogP contribution in [0.4, 0.5) is 4.39 Å². The van der Waals surface area contributed by atoms with Crippen molar-refractivity contribution >= 4 is 27.7 Å². The summed E-state index contributed by atoms with van der Waals surface area (Å²) in [5.74, 6) is -0.670. The highest BCUT2D eigenvalue weighted by atomic mass is 79.9. The van der Waals surface area contributed by atoms with Crippen molar-refractivity contribution in [3.05, 3.63) is 69.9 Å². The van der Waals surface area contributed by atoms with Crippen LogP contribution in [0.25, 0.3) is 0 Å². The average Bonchev–Trinajstić information content (AvgIpc) is 2.69. The van der Waals surface area contributed by atoms with E-state index in [1.54, 1.807) is 4.90 Å². The van der Waals surface area contributed by atoms with Crippen molar-refractivity contribution in [3.8, 4) is 0 Å². The Morgan fingerprint density at radius 1 is 1.04 bits per heavy atom. The number of hydrogen-bond donors (Lipinski definition) is 1. The van der Waals surface area contributed by atoms with Gasteiger partial charge in [-0.15, -0.1) is 0 Å². The molecule has 0 aliphatic carbocycles. The lowest BCUT2D eigenvalue weighted by Gasteiger charge is -2.34. The van der Waals surface area contributed by atoms with E-state index in [0.29, 0.717) is 49.3 Å². The Morgan fingerprint density at radius 2 is 1.74 bits per heavy atom. The first kappa shape index (κ1) is 19.5. The molecule has 2 amide bonds. The van der Waals surface area contributed by atoms with Crippen molar-refractivity contribution in [3.63, 3.8) is 0 Å². The fourth-order valence-corrected chi connectivity index (χ4v) is 3.41. The van der Waals surface area contributed by atoms with Gasteiger partial charge in [-0.2, -0.15) is 0 Å². The second kappa shape index (κ2) is 9.10. The first-order chi connectivity index (χ1) is 13.0. The van der Waals surface area contributed by atoms with Crippen LogP contribution in [0, 0.1) is 5.82 Å². The summed E-state index contributed by atoms with van der Waals surface area (Å²) in [5, 5.41) is 2.91. The maximum absolute atomic E-state index is 13.4. The Balaban J connectivity index is 1.46. The molecule has 1 saturated heterocycles. The molecule has 1 N–H and O–H groups in total. The van der Waals surface area contributed by atoms with Gasteiger partial charge < -0.3 is 10.2 Å². The molecule has 3 rings (SSSR count). The monoisotopic (exact) mass is 433 g/mol. The van der Waals surface area contributed by atoms with E-state index in [1.165, 1.54) is 18.2 Å². The van der Waals surface area contributed by atoms with E-state index in [1.807, 2.05) is 35.2 Å². The van der Waals surface area contributed by atoms with Gasteiger partial charge in [0.2, 0.25) is 5.91 Å². The standard InChI is InChI=1S/C20H21BrFN3O2/c21-18-7-6-16(22)12-17(18)20(27)25-10-8-24(9-11-25)14-19(26)23-13-15-4-2-1-3-5-15/h1-7,12H,8-11,13-14H2,(H,23,26). The number of benzene rings is 2. The molecule has 0 atom stereocenters. The van der Waals surface area contributed by atoms with Gasteiger partial charge in [-0.25, -0.2) is 4.39 Å². The van der Waals surface area contributed by atoms with Crippen LogP contribution >= 0.6 is 15.9 Å². The van der Waals surface area contributed by atoms with Gasteiger partial charge >= 0.3 is 0 Å². The number of nitrogens with zero attached hydrogens (tertiary/aromatic N) is 2. The summed E-state index contributed by atoms with van der Waals surface area (Å²) in [6, 6.07) is 13.8. The molecule has 1 heterocycles. The molecule has 0 saturated carbocycles. The number of nitrogens with one attached hydrogen (secondary N) is 1. The summed E-state index contributed by atoms with van der Waals surface area (Å²) < 4.78 is 14.0. The summed E-state index contributed by atoms with van der Waals surface area (Å²) in [5.41, 5.74) is 1.38. The number of amides is 2. The third-order valence-corrected chi connectivity index (χ3v) is 5.21. The molecular weight excluding hydrogens is 413 g/mol. The van der Waals surface area contributed by atoms with Gasteiger partial charge in [0, 0.05) is 37.2 Å². The molecule has 142 valence electrons. The smallest absolute Gasteiger partial charge is 0.255 e. The van der Waals surface area contributed by atoms with E-state index in [4.69, 9.17) is 0 Å². The topological polar surface area (TPSA) is 52.7 Å². The van der Waals surface area contributed by atoms with Gasteiger partial charge in [0.25, 0.3) is 5.91 Å². The zero-order chi connectivity index (χ0) is 19.2. The Labute approximate surface area is 166 Å². The van der Waals surface area contributed by atoms with Gasteiger partial charge in [0.1, 0.15) is 5.82 Å². The zero-order valence-corrected chi connectivity index (χ0v) is 16.4. The Bertz CT molecular complexity index is 808. The van der Waals surface area contributed by atoms with Gasteiger partial charge in [-0.05, 0) is 39.7 Å². The summed E-state index contributed by atoms with van der Waals surface area (Å²) in [7, 11) is 0. The van der Waals surface area contributed by atoms with E-state index in [2.05, 4.69) is 21.2 Å². The molecule has 0 radical (unpaired) electrons. The largest absolute Gasteiger partial charge is 0.351 e. The third kappa shape index (κ3) is 5.37. The van der Waals surface area contributed by atoms with Crippen molar-refractivity contribution in [1.29, 1.82) is 0 Å². The molecule has 0 bridgehead atoms. The van der Waals surface area contributed by atoms with Crippen LogP contribution in [0.1, 0.15) is 15.9 Å². The predicted molar refractivity (Wildman–Crippen MR) is 105 cm³/mol. The summed E-state index contributed by atoms with van der Waals surface area (Å²) >= 11 is 3.30. The number of halogens is 2. The van der Waals surface area contributed by atoms with E-state index < -0.39 is 5.82 Å². The van der Waals surface area contributed by atoms with Gasteiger partial charge in [-0.1, -0.05) is 30.3 Å². The minimum Gasteiger partial charge on any atom is -0.351 e. The lowest BCUT2D eigenvalue weighted by atomic mass is 10.1. The first-order valence-electron chi connectivity index (χ1n) is 8.80. The molecule has 0 spiro atoms. The van der Waals surface area contributed by atoms with E-state index >= 15 is 0 Å². The Hall–Kier alpha value is -2.25. The third-order valence-electron chi connectivity index (χ3n) is 4.52. The summed E-state index contributed by atoms with van der Waals surface area (Å²) in [4.78, 5) is 28.4. The van der Waals surface area contributed by atoms with E-state index in [-0.39, 0.29) is 11.8 Å². The van der Waals surface area contributed by atoms with E-state index in [9.17, 15) is 14.0 Å². The molecule has 1 aliphatic rings. The molecule has 1 fully saturated rings. The fourth-order valence-electron chi connectivity index (χ4n) is 3.00. The molecule has 1 aliphatic heterocycles. The van der Waals surface area contributed by atoms with Crippen molar-refractivity contribution in [2.24, 2.45) is 0 Å². The highest BCUT2D eigenvalue weighted by Gasteiger charge is 2.24. The zero-order valence-electron chi connectivity index (χ0n) is 14.8. The summed E-state index contributed by atoms with van der Waals surface area (Å²) in [6.07, 6.45) is 0. The minimum atomic E-state index is -0.435. The molecule has 0 unspecified atom stereocenters. The molecule has 5 nitrogen and oxygen atoms in total.